The number of hydrogen-bond acceptors (Lipinski definition) is 7. The molecule has 0 saturated carbocycles. The van der Waals surface area contributed by atoms with Gasteiger partial charge in [0, 0.05) is 25.6 Å². The minimum absolute atomic E-state index is 0.0775. The number of amides is 1. The summed E-state index contributed by atoms with van der Waals surface area (Å²) in [5.74, 6) is -0.818. The van der Waals surface area contributed by atoms with Gasteiger partial charge < -0.3 is 31.6 Å². The van der Waals surface area contributed by atoms with E-state index in [4.69, 9.17) is 16.2 Å². The van der Waals surface area contributed by atoms with Crippen molar-refractivity contribution in [3.05, 3.63) is 56.5 Å². The van der Waals surface area contributed by atoms with E-state index in [1.807, 2.05) is 32.9 Å². The second kappa shape index (κ2) is 14.8. The largest absolute Gasteiger partial charge is 0.484 e. The molecule has 0 radical (unpaired) electrons. The number of aryl methyl sites for hydroxylation is 1. The summed E-state index contributed by atoms with van der Waals surface area (Å²) < 4.78 is 8.36. The Morgan fingerprint density at radius 2 is 1.79 bits per heavy atom. The second-order valence-electron chi connectivity index (χ2n) is 10.2. The van der Waals surface area contributed by atoms with Gasteiger partial charge >= 0.3 is 11.7 Å². The van der Waals surface area contributed by atoms with Crippen molar-refractivity contribution >= 4 is 29.0 Å². The lowest BCUT2D eigenvalue weighted by atomic mass is 10.0. The maximum absolute atomic E-state index is 13.0. The van der Waals surface area contributed by atoms with E-state index >= 15 is 0 Å². The number of benzene rings is 1. The average molecular weight is 585 g/mol. The van der Waals surface area contributed by atoms with Crippen molar-refractivity contribution in [3.63, 3.8) is 0 Å². The van der Waals surface area contributed by atoms with Gasteiger partial charge in [-0.15, -0.1) is 0 Å². The van der Waals surface area contributed by atoms with Crippen molar-refractivity contribution in [3.8, 4) is 5.75 Å². The molecule has 0 spiro atoms. The number of carbonyl (C=O) groups is 2. The number of fused-ring (bicyclic) bond motifs is 1. The number of ether oxygens (including phenoxy) is 1. The Morgan fingerprint density at radius 1 is 1.12 bits per heavy atom. The Hall–Kier alpha value is -4.62. The summed E-state index contributed by atoms with van der Waals surface area (Å²) in [6.07, 6.45) is 2.55. The van der Waals surface area contributed by atoms with Crippen LogP contribution in [0.4, 0.5) is 0 Å². The van der Waals surface area contributed by atoms with Crippen LogP contribution in [0.1, 0.15) is 63.8 Å². The summed E-state index contributed by atoms with van der Waals surface area (Å²) >= 11 is 0. The molecule has 3 rings (SSSR count). The van der Waals surface area contributed by atoms with E-state index in [1.54, 1.807) is 16.7 Å². The number of aliphatic imine (C=N–C) groups is 1. The van der Waals surface area contributed by atoms with Crippen LogP contribution in [0.3, 0.4) is 0 Å². The highest BCUT2D eigenvalue weighted by molar-refractivity contribution is 5.84. The Balaban J connectivity index is 1.62. The lowest BCUT2D eigenvalue weighted by Crippen LogP contribution is -2.43. The first kappa shape index (κ1) is 31.9. The molecule has 14 heteroatoms. The topological polar surface area (TPSA) is 213 Å². The number of nitrogens with zero attached hydrogens (tertiary/aromatic N) is 4. The van der Waals surface area contributed by atoms with Crippen molar-refractivity contribution in [2.45, 2.75) is 77.9 Å². The van der Waals surface area contributed by atoms with Crippen LogP contribution in [0.2, 0.25) is 0 Å². The maximum Gasteiger partial charge on any atom is 0.332 e. The molecule has 2 heterocycles. The van der Waals surface area contributed by atoms with Crippen molar-refractivity contribution in [1.82, 2.24) is 24.4 Å². The lowest BCUT2D eigenvalue weighted by molar-refractivity contribution is -0.142. The minimum atomic E-state index is -1.16. The van der Waals surface area contributed by atoms with E-state index in [0.29, 0.717) is 55.1 Å². The monoisotopic (exact) mass is 584 g/mol. The minimum Gasteiger partial charge on any atom is -0.484 e. The van der Waals surface area contributed by atoms with Gasteiger partial charge in [0.2, 0.25) is 0 Å². The number of carboxylic acid groups (broad SMARTS) is 1. The predicted octanol–water partition coefficient (Wildman–Crippen LogP) is 1.05. The SMILES string of the molecule is CCCn1c(=O)c2[nH]c(C(C)Cc3ccc(OCC(=O)N[C@@H](CCCN=C(N)N)C(=O)O)cc3)nc2n(CCC)c1=O. The van der Waals surface area contributed by atoms with Crippen molar-refractivity contribution in [2.24, 2.45) is 16.5 Å². The highest BCUT2D eigenvalue weighted by Gasteiger charge is 2.21. The van der Waals surface area contributed by atoms with Gasteiger partial charge in [0.25, 0.3) is 11.5 Å². The third-order valence-electron chi connectivity index (χ3n) is 6.65. The fourth-order valence-electron chi connectivity index (χ4n) is 4.58. The zero-order chi connectivity index (χ0) is 30.8. The van der Waals surface area contributed by atoms with Crippen LogP contribution in [-0.4, -0.2) is 61.2 Å². The van der Waals surface area contributed by atoms with Crippen LogP contribution in [0.25, 0.3) is 11.2 Å². The molecule has 1 unspecified atom stereocenters. The number of guanidine groups is 1. The molecule has 2 atom stereocenters. The van der Waals surface area contributed by atoms with E-state index in [-0.39, 0.29) is 42.7 Å². The molecule has 0 aliphatic rings. The van der Waals surface area contributed by atoms with E-state index in [2.05, 4.69) is 20.3 Å². The number of H-pyrrole nitrogens is 1. The van der Waals surface area contributed by atoms with Gasteiger partial charge in [-0.05, 0) is 49.8 Å². The van der Waals surface area contributed by atoms with Crippen LogP contribution in [0.15, 0.2) is 38.8 Å². The Labute approximate surface area is 242 Å². The normalized spacial score (nSPS) is 12.5. The summed E-state index contributed by atoms with van der Waals surface area (Å²) in [6, 6.07) is 6.08. The molecule has 0 aliphatic heterocycles. The number of imidazole rings is 1. The number of nitrogens with two attached hydrogens (primary N) is 2. The number of aliphatic carboxylic acids is 1. The summed E-state index contributed by atoms with van der Waals surface area (Å²) in [7, 11) is 0. The third kappa shape index (κ3) is 8.21. The predicted molar refractivity (Wildman–Crippen MR) is 159 cm³/mol. The number of aromatic amines is 1. The van der Waals surface area contributed by atoms with Gasteiger partial charge in [-0.3, -0.25) is 23.7 Å². The van der Waals surface area contributed by atoms with Gasteiger partial charge in [-0.25, -0.2) is 14.6 Å². The highest BCUT2D eigenvalue weighted by Crippen LogP contribution is 2.22. The smallest absolute Gasteiger partial charge is 0.332 e. The molecule has 1 amide bonds. The summed E-state index contributed by atoms with van der Waals surface area (Å²) in [5, 5.41) is 11.8. The van der Waals surface area contributed by atoms with E-state index in [0.717, 1.165) is 12.0 Å². The Kier molecular flexibility index (Phi) is 11.3. The maximum atomic E-state index is 13.0. The Morgan fingerprint density at radius 3 is 2.40 bits per heavy atom. The third-order valence-corrected chi connectivity index (χ3v) is 6.65. The zero-order valence-corrected chi connectivity index (χ0v) is 24.3. The van der Waals surface area contributed by atoms with Gasteiger partial charge in [0.05, 0.1) is 0 Å². The number of nitrogens with one attached hydrogen (secondary N) is 2. The molecule has 14 nitrogen and oxygen atoms in total. The number of carboxylic acids is 1. The molecular weight excluding hydrogens is 544 g/mol. The van der Waals surface area contributed by atoms with E-state index in [1.165, 1.54) is 4.57 Å². The molecular formula is C28H40N8O6. The van der Waals surface area contributed by atoms with Crippen LogP contribution in [0.5, 0.6) is 5.75 Å². The standard InChI is InChI=1S/C28H40N8O6/c1-4-13-35-24-22(25(38)36(14-5-2)28(35)41)33-23(34-24)17(3)15-18-8-10-19(11-9-18)42-16-21(37)32-20(26(39)40)7-6-12-31-27(29)30/h8-11,17,20H,4-7,12-16H2,1-3H3,(H,32,37)(H,33,34)(H,39,40)(H4,29,30,31)/t17?,20-/m0/s1. The Bertz CT molecular complexity index is 1520. The first-order chi connectivity index (χ1) is 20.0. The lowest BCUT2D eigenvalue weighted by Gasteiger charge is -2.14. The molecule has 1 aromatic carbocycles. The van der Waals surface area contributed by atoms with Gasteiger partial charge in [0.1, 0.15) is 23.1 Å². The molecule has 0 bridgehead atoms. The first-order valence-electron chi connectivity index (χ1n) is 14.1. The molecule has 0 aliphatic carbocycles. The van der Waals surface area contributed by atoms with Crippen molar-refractivity contribution < 1.29 is 19.4 Å². The molecule has 0 saturated heterocycles. The number of hydrogen-bond donors (Lipinski definition) is 5. The van der Waals surface area contributed by atoms with E-state index in [9.17, 15) is 24.3 Å². The van der Waals surface area contributed by atoms with Gasteiger partial charge in [0.15, 0.2) is 18.2 Å². The molecule has 3 aromatic rings. The van der Waals surface area contributed by atoms with Crippen molar-refractivity contribution in [1.29, 1.82) is 0 Å². The average Bonchev–Trinajstić information content (AvgIpc) is 3.40. The molecule has 42 heavy (non-hydrogen) atoms. The number of rotatable bonds is 16. The highest BCUT2D eigenvalue weighted by atomic mass is 16.5. The molecule has 228 valence electrons. The zero-order valence-electron chi connectivity index (χ0n) is 24.3. The van der Waals surface area contributed by atoms with Crippen LogP contribution in [-0.2, 0) is 29.1 Å². The van der Waals surface area contributed by atoms with Gasteiger partial charge in [-0.2, -0.15) is 0 Å². The van der Waals surface area contributed by atoms with Crippen LogP contribution < -0.4 is 32.8 Å². The van der Waals surface area contributed by atoms with Crippen LogP contribution >= 0.6 is 0 Å². The van der Waals surface area contributed by atoms with Crippen LogP contribution in [0, 0.1) is 0 Å². The fraction of sp³-hybridized carbons (Fsp3) is 0.500. The first-order valence-corrected chi connectivity index (χ1v) is 14.1. The summed E-state index contributed by atoms with van der Waals surface area (Å²) in [6.45, 7) is 6.60. The molecule has 0 fully saturated rings. The fourth-order valence-corrected chi connectivity index (χ4v) is 4.58. The second-order valence-corrected chi connectivity index (χ2v) is 10.2. The summed E-state index contributed by atoms with van der Waals surface area (Å²) in [5.41, 5.74) is 11.5. The molecule has 7 N–H and O–H groups in total. The molecule has 2 aromatic heterocycles. The number of aromatic nitrogens is 4. The van der Waals surface area contributed by atoms with Gasteiger partial charge in [-0.1, -0.05) is 32.9 Å². The number of carbonyl (C=O) groups excluding carboxylic acids is 1. The van der Waals surface area contributed by atoms with E-state index < -0.39 is 17.9 Å². The van der Waals surface area contributed by atoms with Crippen molar-refractivity contribution in [2.75, 3.05) is 13.2 Å². The quantitative estimate of drug-likeness (QED) is 0.0923. The summed E-state index contributed by atoms with van der Waals surface area (Å²) in [4.78, 5) is 61.3.